The summed E-state index contributed by atoms with van der Waals surface area (Å²) >= 11 is 0. The van der Waals surface area contributed by atoms with E-state index in [9.17, 15) is 0 Å². The molecule has 0 radical (unpaired) electrons. The number of hydrogen-bond acceptors (Lipinski definition) is 2. The number of benzene rings is 2. The minimum Gasteiger partial charge on any atom is -0.371 e. The van der Waals surface area contributed by atoms with Crippen LogP contribution >= 0.6 is 0 Å². The van der Waals surface area contributed by atoms with Crippen LogP contribution in [0.15, 0.2) is 60.7 Å². The molecular weight excluding hydrogens is 348 g/mol. The van der Waals surface area contributed by atoms with E-state index < -0.39 is 0 Å². The number of ether oxygens (including phenoxy) is 2. The summed E-state index contributed by atoms with van der Waals surface area (Å²) in [7, 11) is 4.75. The Bertz CT molecular complexity index is 621. The van der Waals surface area contributed by atoms with Crippen molar-refractivity contribution < 1.29 is 18.4 Å². The molecule has 2 aromatic rings. The second-order valence-electron chi connectivity index (χ2n) is 8.66. The second kappa shape index (κ2) is 10.2. The highest BCUT2D eigenvalue weighted by Gasteiger charge is 2.36. The smallest absolute Gasteiger partial charge is 0.129 e. The molecule has 1 fully saturated rings. The largest absolute Gasteiger partial charge is 0.371 e. The van der Waals surface area contributed by atoms with Gasteiger partial charge in [-0.3, -0.25) is 0 Å². The summed E-state index contributed by atoms with van der Waals surface area (Å²) in [5.74, 6) is 0. The maximum absolute atomic E-state index is 5.92. The minimum absolute atomic E-state index is 0.716. The molecule has 28 heavy (non-hydrogen) atoms. The first-order valence-corrected chi connectivity index (χ1v) is 10.5. The van der Waals surface area contributed by atoms with Crippen molar-refractivity contribution >= 4 is 0 Å². The van der Waals surface area contributed by atoms with E-state index in [0.717, 1.165) is 35.3 Å². The third-order valence-electron chi connectivity index (χ3n) is 6.13. The van der Waals surface area contributed by atoms with Crippen LogP contribution in [0.1, 0.15) is 11.1 Å². The summed E-state index contributed by atoms with van der Waals surface area (Å²) in [6.45, 7) is 10.1. The standard InChI is InChI=1S/C24H36N2O2/c1-25(17-19-27-21-23-9-5-3-6-10-23)13-15-26(2,16-14-25)18-20-28-22-24-11-7-4-8-12-24/h3-12H,13-22H2,1-2H3/q+2. The molecule has 0 aliphatic carbocycles. The van der Waals surface area contributed by atoms with Crippen LogP contribution < -0.4 is 0 Å². The molecule has 0 aromatic heterocycles. The van der Waals surface area contributed by atoms with Crippen LogP contribution in [0.25, 0.3) is 0 Å². The van der Waals surface area contributed by atoms with Crippen molar-refractivity contribution in [3.63, 3.8) is 0 Å². The first kappa shape index (κ1) is 21.0. The number of hydrogen-bond donors (Lipinski definition) is 0. The fraction of sp³-hybridized carbons (Fsp3) is 0.500. The lowest BCUT2D eigenvalue weighted by Crippen LogP contribution is -2.65. The Morgan fingerprint density at radius 3 is 1.32 bits per heavy atom. The summed E-state index contributed by atoms with van der Waals surface area (Å²) < 4.78 is 14.1. The molecule has 4 heteroatoms. The Labute approximate surface area is 170 Å². The monoisotopic (exact) mass is 384 g/mol. The Hall–Kier alpha value is -1.72. The van der Waals surface area contributed by atoms with Crippen molar-refractivity contribution in [1.82, 2.24) is 0 Å². The van der Waals surface area contributed by atoms with Gasteiger partial charge in [-0.2, -0.15) is 0 Å². The molecule has 4 nitrogen and oxygen atoms in total. The first-order valence-electron chi connectivity index (χ1n) is 10.5. The van der Waals surface area contributed by atoms with Crippen LogP contribution in [0.4, 0.5) is 0 Å². The van der Waals surface area contributed by atoms with Gasteiger partial charge < -0.3 is 18.4 Å². The Morgan fingerprint density at radius 2 is 0.964 bits per heavy atom. The van der Waals surface area contributed by atoms with E-state index in [1.807, 2.05) is 12.1 Å². The summed E-state index contributed by atoms with van der Waals surface area (Å²) in [4.78, 5) is 0. The number of quaternary nitrogens is 2. The lowest BCUT2D eigenvalue weighted by Gasteiger charge is -2.46. The molecule has 0 unspecified atom stereocenters. The van der Waals surface area contributed by atoms with Crippen molar-refractivity contribution in [2.45, 2.75) is 13.2 Å². The van der Waals surface area contributed by atoms with E-state index >= 15 is 0 Å². The van der Waals surface area contributed by atoms with Crippen molar-refractivity contribution in [3.05, 3.63) is 71.8 Å². The van der Waals surface area contributed by atoms with Crippen LogP contribution in [0.2, 0.25) is 0 Å². The molecule has 1 saturated heterocycles. The van der Waals surface area contributed by atoms with Gasteiger partial charge in [0.15, 0.2) is 0 Å². The molecule has 0 saturated carbocycles. The Balaban J connectivity index is 1.31. The molecule has 1 aliphatic heterocycles. The van der Waals surface area contributed by atoms with Gasteiger partial charge in [0, 0.05) is 0 Å². The highest BCUT2D eigenvalue weighted by molar-refractivity contribution is 5.14. The van der Waals surface area contributed by atoms with Crippen LogP contribution in [0.3, 0.4) is 0 Å². The Kier molecular flexibility index (Phi) is 7.63. The van der Waals surface area contributed by atoms with Gasteiger partial charge in [0.1, 0.15) is 39.3 Å². The fourth-order valence-electron chi connectivity index (χ4n) is 3.73. The molecular formula is C24H36N2O2+2. The molecule has 0 spiro atoms. The zero-order valence-electron chi connectivity index (χ0n) is 17.6. The van der Waals surface area contributed by atoms with Gasteiger partial charge >= 0.3 is 0 Å². The van der Waals surface area contributed by atoms with E-state index in [0.29, 0.717) is 13.2 Å². The van der Waals surface area contributed by atoms with Crippen LogP contribution in [-0.4, -0.2) is 75.5 Å². The van der Waals surface area contributed by atoms with Crippen LogP contribution in [0, 0.1) is 0 Å². The van der Waals surface area contributed by atoms with Crippen molar-refractivity contribution in [3.8, 4) is 0 Å². The van der Waals surface area contributed by atoms with E-state index in [2.05, 4.69) is 62.6 Å². The molecule has 0 N–H and O–H groups in total. The predicted molar refractivity (Wildman–Crippen MR) is 114 cm³/mol. The molecule has 0 bridgehead atoms. The number of rotatable bonds is 10. The van der Waals surface area contributed by atoms with Gasteiger partial charge in [0.25, 0.3) is 0 Å². The topological polar surface area (TPSA) is 18.5 Å². The maximum atomic E-state index is 5.92. The van der Waals surface area contributed by atoms with Gasteiger partial charge in [0.05, 0.1) is 40.5 Å². The lowest BCUT2D eigenvalue weighted by molar-refractivity contribution is -1.02. The van der Waals surface area contributed by atoms with Crippen LogP contribution in [0.5, 0.6) is 0 Å². The SMILES string of the molecule is C[N+]1(CCOCc2ccccc2)CC[N+](C)(CCOCc2ccccc2)CC1. The summed E-state index contributed by atoms with van der Waals surface area (Å²) in [6, 6.07) is 20.9. The first-order chi connectivity index (χ1) is 13.6. The van der Waals surface area contributed by atoms with E-state index in [1.165, 1.54) is 37.3 Å². The fourth-order valence-corrected chi connectivity index (χ4v) is 3.73. The molecule has 0 amide bonds. The Morgan fingerprint density at radius 1 is 0.607 bits per heavy atom. The van der Waals surface area contributed by atoms with E-state index in [4.69, 9.17) is 9.47 Å². The highest BCUT2D eigenvalue weighted by atomic mass is 16.5. The summed E-state index contributed by atoms with van der Waals surface area (Å²) in [5.41, 5.74) is 2.51. The lowest BCUT2D eigenvalue weighted by atomic mass is 10.2. The second-order valence-corrected chi connectivity index (χ2v) is 8.66. The van der Waals surface area contributed by atoms with E-state index in [-0.39, 0.29) is 0 Å². The average Bonchev–Trinajstić information content (AvgIpc) is 2.73. The number of nitrogens with zero attached hydrogens (tertiary/aromatic N) is 2. The zero-order valence-corrected chi connectivity index (χ0v) is 17.6. The molecule has 2 aromatic carbocycles. The predicted octanol–water partition coefficient (Wildman–Crippen LogP) is 3.33. The number of likely N-dealkylation sites (N-methyl/N-ethyl adjacent to an activating group) is 2. The molecule has 152 valence electrons. The average molecular weight is 385 g/mol. The minimum atomic E-state index is 0.716. The summed E-state index contributed by atoms with van der Waals surface area (Å²) in [5, 5.41) is 0. The van der Waals surface area contributed by atoms with Gasteiger partial charge in [-0.05, 0) is 11.1 Å². The third kappa shape index (κ3) is 6.71. The zero-order chi connectivity index (χ0) is 19.7. The third-order valence-corrected chi connectivity index (χ3v) is 6.13. The maximum Gasteiger partial charge on any atom is 0.129 e. The molecule has 1 aliphatic rings. The van der Waals surface area contributed by atoms with Gasteiger partial charge in [0.2, 0.25) is 0 Å². The van der Waals surface area contributed by atoms with Gasteiger partial charge in [-0.15, -0.1) is 0 Å². The summed E-state index contributed by atoms with van der Waals surface area (Å²) in [6.07, 6.45) is 0. The molecule has 3 rings (SSSR count). The van der Waals surface area contributed by atoms with Crippen LogP contribution in [-0.2, 0) is 22.7 Å². The van der Waals surface area contributed by atoms with Crippen molar-refractivity contribution in [2.75, 3.05) is 66.6 Å². The van der Waals surface area contributed by atoms with Crippen molar-refractivity contribution in [1.29, 1.82) is 0 Å². The quantitative estimate of drug-likeness (QED) is 0.462. The highest BCUT2D eigenvalue weighted by Crippen LogP contribution is 2.16. The molecule has 1 heterocycles. The number of piperazine rings is 1. The van der Waals surface area contributed by atoms with Crippen molar-refractivity contribution in [2.24, 2.45) is 0 Å². The van der Waals surface area contributed by atoms with E-state index in [1.54, 1.807) is 0 Å². The van der Waals surface area contributed by atoms with Gasteiger partial charge in [-0.25, -0.2) is 0 Å². The van der Waals surface area contributed by atoms with Gasteiger partial charge in [-0.1, -0.05) is 60.7 Å². The normalized spacial score (nSPS) is 24.9. The molecule has 0 atom stereocenters.